The zero-order valence-electron chi connectivity index (χ0n) is 18.6. The van der Waals surface area contributed by atoms with Crippen LogP contribution in [-0.2, 0) is 0 Å². The topological polar surface area (TPSA) is 138 Å². The van der Waals surface area contributed by atoms with Crippen molar-refractivity contribution in [2.24, 2.45) is 0 Å². The van der Waals surface area contributed by atoms with Crippen LogP contribution in [0, 0.1) is 79.9 Å². The molecule has 0 atom stereocenters. The molecular formula is C18H42Gd2O6. The second-order valence-corrected chi connectivity index (χ2v) is 6.29. The SMILES string of the molecule is CC(C)[O-].CC(C)[O-].CC(C)[O-].CC(C)[O-].CC(C)[O-].CC(C)[O-].[Gd+3].[Gd+3]. The molecule has 0 saturated heterocycles. The molecule has 0 aliphatic heterocycles. The van der Waals surface area contributed by atoms with Crippen LogP contribution in [0.2, 0.25) is 0 Å². The summed E-state index contributed by atoms with van der Waals surface area (Å²) in [7, 11) is 0. The molecule has 0 aromatic carbocycles. The average Bonchev–Trinajstić information content (AvgIpc) is 2.08. The van der Waals surface area contributed by atoms with E-state index in [4.69, 9.17) is 0 Å². The van der Waals surface area contributed by atoms with E-state index in [9.17, 15) is 30.6 Å². The molecule has 0 aliphatic carbocycles. The second kappa shape index (κ2) is 45.9. The van der Waals surface area contributed by atoms with Crippen LogP contribution in [0.3, 0.4) is 0 Å². The van der Waals surface area contributed by atoms with E-state index in [0.717, 1.165) is 0 Å². The van der Waals surface area contributed by atoms with E-state index in [1.807, 2.05) is 0 Å². The Hall–Kier alpha value is 2.41. The van der Waals surface area contributed by atoms with Crippen molar-refractivity contribution in [1.82, 2.24) is 0 Å². The smallest absolute Gasteiger partial charge is 0.852 e. The molecule has 26 heavy (non-hydrogen) atoms. The second-order valence-electron chi connectivity index (χ2n) is 6.29. The van der Waals surface area contributed by atoms with Crippen LogP contribution in [0.15, 0.2) is 0 Å². The molecule has 0 unspecified atom stereocenters. The monoisotopic (exact) mass is 670 g/mol. The summed E-state index contributed by atoms with van der Waals surface area (Å²) in [5.41, 5.74) is 0. The van der Waals surface area contributed by atoms with Crippen LogP contribution in [0.1, 0.15) is 83.1 Å². The van der Waals surface area contributed by atoms with Crippen molar-refractivity contribution in [1.29, 1.82) is 0 Å². The van der Waals surface area contributed by atoms with Gasteiger partial charge in [-0.25, -0.2) is 0 Å². The van der Waals surface area contributed by atoms with Crippen LogP contribution in [0.25, 0.3) is 0 Å². The van der Waals surface area contributed by atoms with Crippen LogP contribution >= 0.6 is 0 Å². The molecule has 0 aromatic rings. The number of hydrogen-bond donors (Lipinski definition) is 0. The minimum atomic E-state index is -0.417. The maximum absolute atomic E-state index is 9.53. The van der Waals surface area contributed by atoms with Gasteiger partial charge in [0.15, 0.2) is 0 Å². The van der Waals surface area contributed by atoms with Gasteiger partial charge in [0.2, 0.25) is 0 Å². The van der Waals surface area contributed by atoms with Gasteiger partial charge in [0.1, 0.15) is 0 Å². The van der Waals surface area contributed by atoms with Crippen LogP contribution < -0.4 is 30.6 Å². The van der Waals surface area contributed by atoms with E-state index in [-0.39, 0.29) is 79.9 Å². The first-order chi connectivity index (χ1) is 10.4. The van der Waals surface area contributed by atoms with Crippen LogP contribution in [0.4, 0.5) is 0 Å². The van der Waals surface area contributed by atoms with Crippen LogP contribution in [0.5, 0.6) is 0 Å². The van der Waals surface area contributed by atoms with Gasteiger partial charge in [0.25, 0.3) is 0 Å². The summed E-state index contributed by atoms with van der Waals surface area (Å²) in [6.07, 6.45) is -2.50. The molecule has 0 amide bonds. The van der Waals surface area contributed by atoms with Gasteiger partial charge < -0.3 is 30.6 Å². The fourth-order valence-corrected chi connectivity index (χ4v) is 0. The first-order valence-corrected chi connectivity index (χ1v) is 8.34. The van der Waals surface area contributed by atoms with Crippen molar-refractivity contribution in [3.8, 4) is 0 Å². The first-order valence-electron chi connectivity index (χ1n) is 8.34. The standard InChI is InChI=1S/6C3H7O.2Gd/c6*1-3(2)4;;/h6*3H,1-2H3;;/q6*-1;2*+3. The molecular weight excluding hydrogens is 627 g/mol. The van der Waals surface area contributed by atoms with Crippen molar-refractivity contribution in [3.63, 3.8) is 0 Å². The fraction of sp³-hybridized carbons (Fsp3) is 1.00. The third-order valence-corrected chi connectivity index (χ3v) is 0. The average molecular weight is 669 g/mol. The van der Waals surface area contributed by atoms with E-state index in [2.05, 4.69) is 0 Å². The van der Waals surface area contributed by atoms with E-state index >= 15 is 0 Å². The Balaban J connectivity index is -0.0000000245. The quantitative estimate of drug-likeness (QED) is 0.309. The van der Waals surface area contributed by atoms with Crippen molar-refractivity contribution < 1.29 is 111 Å². The summed E-state index contributed by atoms with van der Waals surface area (Å²) in [5.74, 6) is 0. The van der Waals surface area contributed by atoms with Crippen molar-refractivity contribution in [2.75, 3.05) is 0 Å². The Labute approximate surface area is 227 Å². The molecule has 0 heterocycles. The summed E-state index contributed by atoms with van der Waals surface area (Å²) in [5, 5.41) is 57.2. The molecule has 0 bridgehead atoms. The molecule has 0 N–H and O–H groups in total. The third kappa shape index (κ3) is 2940. The summed E-state index contributed by atoms with van der Waals surface area (Å²) in [6.45, 7) is 19.3. The summed E-state index contributed by atoms with van der Waals surface area (Å²) in [6, 6.07) is 0. The number of hydrogen-bond acceptors (Lipinski definition) is 6. The van der Waals surface area contributed by atoms with E-state index in [0.29, 0.717) is 0 Å². The van der Waals surface area contributed by atoms with Gasteiger partial charge >= 0.3 is 79.9 Å². The molecule has 0 saturated carbocycles. The molecule has 166 valence electrons. The van der Waals surface area contributed by atoms with Gasteiger partial charge in [-0.2, -0.15) is 0 Å². The zero-order chi connectivity index (χ0) is 21.5. The third-order valence-electron chi connectivity index (χ3n) is 0. The molecule has 0 spiro atoms. The van der Waals surface area contributed by atoms with Crippen molar-refractivity contribution in [3.05, 3.63) is 0 Å². The Bertz CT molecular complexity index is 105. The predicted octanol–water partition coefficient (Wildman–Crippen LogP) is -1.47. The van der Waals surface area contributed by atoms with Gasteiger partial charge in [-0.1, -0.05) is 83.1 Å². The first kappa shape index (κ1) is 51.2. The van der Waals surface area contributed by atoms with Gasteiger partial charge in [0, 0.05) is 0 Å². The van der Waals surface area contributed by atoms with Crippen molar-refractivity contribution in [2.45, 2.75) is 120 Å². The van der Waals surface area contributed by atoms with Crippen molar-refractivity contribution >= 4 is 0 Å². The maximum atomic E-state index is 9.53. The Morgan fingerprint density at radius 3 is 0.269 bits per heavy atom. The number of rotatable bonds is 0. The molecule has 8 heteroatoms. The maximum Gasteiger partial charge on any atom is 3.00 e. The largest absolute Gasteiger partial charge is 3.00 e. The van der Waals surface area contributed by atoms with Crippen LogP contribution in [-0.4, -0.2) is 36.6 Å². The normalized spacial score (nSPS) is 8.31. The summed E-state index contributed by atoms with van der Waals surface area (Å²) in [4.78, 5) is 0. The molecule has 0 aliphatic rings. The van der Waals surface area contributed by atoms with Gasteiger partial charge in [0.05, 0.1) is 0 Å². The Morgan fingerprint density at radius 1 is 0.269 bits per heavy atom. The molecule has 0 rings (SSSR count). The van der Waals surface area contributed by atoms with Gasteiger partial charge in [-0.3, -0.25) is 0 Å². The Morgan fingerprint density at radius 2 is 0.269 bits per heavy atom. The van der Waals surface area contributed by atoms with E-state index in [1.165, 1.54) is 0 Å². The minimum absolute atomic E-state index is 0. The van der Waals surface area contributed by atoms with E-state index < -0.39 is 36.6 Å². The molecule has 0 aromatic heterocycles. The van der Waals surface area contributed by atoms with Gasteiger partial charge in [-0.05, 0) is 0 Å². The summed E-state index contributed by atoms with van der Waals surface area (Å²) >= 11 is 0. The zero-order valence-corrected chi connectivity index (χ0v) is 23.2. The Kier molecular flexibility index (Phi) is 90.4. The van der Waals surface area contributed by atoms with E-state index in [1.54, 1.807) is 83.1 Å². The molecule has 6 nitrogen and oxygen atoms in total. The molecule has 0 fully saturated rings. The minimum Gasteiger partial charge on any atom is -0.852 e. The molecule has 2 radical (unpaired) electrons. The fourth-order valence-electron chi connectivity index (χ4n) is 0. The van der Waals surface area contributed by atoms with Gasteiger partial charge in [-0.15, -0.1) is 36.6 Å². The summed E-state index contributed by atoms with van der Waals surface area (Å²) < 4.78 is 0. The predicted molar refractivity (Wildman–Crippen MR) is 90.8 cm³/mol.